The monoisotopic (exact) mass is 226 g/mol. The highest BCUT2D eigenvalue weighted by molar-refractivity contribution is 5.68. The van der Waals surface area contributed by atoms with Crippen LogP contribution in [0.4, 0.5) is 0 Å². The van der Waals surface area contributed by atoms with Crippen LogP contribution in [0.1, 0.15) is 51.4 Å². The summed E-state index contributed by atoms with van der Waals surface area (Å²) in [6.45, 7) is 0. The van der Waals surface area contributed by atoms with Crippen LogP contribution in [0.15, 0.2) is 12.2 Å². The van der Waals surface area contributed by atoms with Crippen LogP contribution >= 0.6 is 0 Å². The lowest BCUT2D eigenvalue weighted by molar-refractivity contribution is -0.140. The normalized spacial score (nSPS) is 10.6. The summed E-state index contributed by atoms with van der Waals surface area (Å²) in [7, 11) is 1.42. The second-order valence-corrected chi connectivity index (χ2v) is 3.76. The fourth-order valence-corrected chi connectivity index (χ4v) is 1.43. The second-order valence-electron chi connectivity index (χ2n) is 3.76. The van der Waals surface area contributed by atoms with E-state index in [0.717, 1.165) is 32.0 Å². The number of rotatable bonds is 10. The Morgan fingerprint density at radius 1 is 1.06 bits per heavy atom. The van der Waals surface area contributed by atoms with E-state index in [1.165, 1.54) is 20.0 Å². The topological polar surface area (TPSA) is 43.4 Å². The van der Waals surface area contributed by atoms with E-state index in [1.807, 2.05) is 6.08 Å². The number of unbranched alkanes of at least 4 members (excludes halogenated alkanes) is 5. The molecule has 92 valence electrons. The minimum absolute atomic E-state index is 0.114. The molecule has 0 aromatic carbocycles. The van der Waals surface area contributed by atoms with Gasteiger partial charge in [0.05, 0.1) is 7.11 Å². The summed E-state index contributed by atoms with van der Waals surface area (Å²) in [5, 5.41) is 0. The molecular weight excluding hydrogens is 204 g/mol. The Bertz CT molecular complexity index is 209. The van der Waals surface area contributed by atoms with Crippen LogP contribution in [0.25, 0.3) is 0 Å². The van der Waals surface area contributed by atoms with Gasteiger partial charge in [0.25, 0.3) is 0 Å². The summed E-state index contributed by atoms with van der Waals surface area (Å²) in [5.41, 5.74) is 0. The van der Waals surface area contributed by atoms with Crippen molar-refractivity contribution in [3.05, 3.63) is 12.2 Å². The fourth-order valence-electron chi connectivity index (χ4n) is 1.43. The van der Waals surface area contributed by atoms with Gasteiger partial charge in [0, 0.05) is 12.8 Å². The van der Waals surface area contributed by atoms with Gasteiger partial charge in [0.15, 0.2) is 0 Å². The van der Waals surface area contributed by atoms with Gasteiger partial charge < -0.3 is 9.53 Å². The van der Waals surface area contributed by atoms with Gasteiger partial charge in [-0.05, 0) is 19.3 Å². The molecule has 3 nitrogen and oxygen atoms in total. The third-order valence-electron chi connectivity index (χ3n) is 2.38. The first-order valence-electron chi connectivity index (χ1n) is 5.96. The van der Waals surface area contributed by atoms with Crippen LogP contribution in [-0.4, -0.2) is 19.4 Å². The highest BCUT2D eigenvalue weighted by atomic mass is 16.5. The van der Waals surface area contributed by atoms with E-state index in [4.69, 9.17) is 0 Å². The highest BCUT2D eigenvalue weighted by Crippen LogP contribution is 2.08. The number of hydrogen-bond acceptors (Lipinski definition) is 3. The minimum Gasteiger partial charge on any atom is -0.469 e. The number of aldehydes is 1. The van der Waals surface area contributed by atoms with Crippen molar-refractivity contribution in [3.63, 3.8) is 0 Å². The second kappa shape index (κ2) is 12.0. The molecule has 0 saturated carbocycles. The van der Waals surface area contributed by atoms with Gasteiger partial charge in [-0.15, -0.1) is 0 Å². The van der Waals surface area contributed by atoms with Crippen LogP contribution in [0.3, 0.4) is 0 Å². The van der Waals surface area contributed by atoms with Crippen LogP contribution < -0.4 is 0 Å². The molecule has 0 bridgehead atoms. The molecule has 0 saturated heterocycles. The number of carbonyl (C=O) groups excluding carboxylic acids is 2. The predicted octanol–water partition coefficient (Wildman–Crippen LogP) is 3.04. The fraction of sp³-hybridized carbons (Fsp3) is 0.692. The van der Waals surface area contributed by atoms with Gasteiger partial charge >= 0.3 is 5.97 Å². The van der Waals surface area contributed by atoms with Crippen LogP contribution in [-0.2, 0) is 14.3 Å². The molecule has 0 heterocycles. The molecule has 0 aromatic rings. The van der Waals surface area contributed by atoms with E-state index in [-0.39, 0.29) is 5.97 Å². The number of esters is 1. The molecule has 0 amide bonds. The summed E-state index contributed by atoms with van der Waals surface area (Å²) >= 11 is 0. The predicted molar refractivity (Wildman–Crippen MR) is 64.2 cm³/mol. The zero-order chi connectivity index (χ0) is 12.1. The molecule has 0 aromatic heterocycles. The Hall–Kier alpha value is -1.12. The molecule has 0 aliphatic heterocycles. The quantitative estimate of drug-likeness (QED) is 0.249. The standard InChI is InChI=1S/C13H22O3/c1-16-13(15)11-9-7-5-3-2-4-6-8-10-12-14/h6,8,12H,2-5,7,9-11H2,1H3. The molecular formula is C13H22O3. The summed E-state index contributed by atoms with van der Waals surface area (Å²) in [5.74, 6) is -0.114. The molecule has 3 heteroatoms. The molecule has 0 radical (unpaired) electrons. The third kappa shape index (κ3) is 11.0. The summed E-state index contributed by atoms with van der Waals surface area (Å²) in [4.78, 5) is 20.8. The maximum atomic E-state index is 10.8. The molecule has 0 aliphatic rings. The average Bonchev–Trinajstić information content (AvgIpc) is 2.31. The van der Waals surface area contributed by atoms with Crippen LogP contribution in [0, 0.1) is 0 Å². The Morgan fingerprint density at radius 2 is 1.75 bits per heavy atom. The van der Waals surface area contributed by atoms with Crippen molar-refractivity contribution in [2.24, 2.45) is 0 Å². The molecule has 0 atom stereocenters. The van der Waals surface area contributed by atoms with Crippen molar-refractivity contribution in [2.75, 3.05) is 7.11 Å². The highest BCUT2D eigenvalue weighted by Gasteiger charge is 1.98. The van der Waals surface area contributed by atoms with E-state index < -0.39 is 0 Å². The maximum Gasteiger partial charge on any atom is 0.305 e. The molecule has 0 fully saturated rings. The smallest absolute Gasteiger partial charge is 0.305 e. The number of methoxy groups -OCH3 is 1. The van der Waals surface area contributed by atoms with E-state index >= 15 is 0 Å². The van der Waals surface area contributed by atoms with E-state index in [9.17, 15) is 9.59 Å². The largest absolute Gasteiger partial charge is 0.469 e. The van der Waals surface area contributed by atoms with Crippen LogP contribution in [0.5, 0.6) is 0 Å². The summed E-state index contributed by atoms with van der Waals surface area (Å²) in [6.07, 6.45) is 12.5. The number of ether oxygens (including phenoxy) is 1. The average molecular weight is 226 g/mol. The van der Waals surface area contributed by atoms with Crippen molar-refractivity contribution in [2.45, 2.75) is 51.4 Å². The van der Waals surface area contributed by atoms with Crippen molar-refractivity contribution in [3.8, 4) is 0 Å². The van der Waals surface area contributed by atoms with Gasteiger partial charge in [-0.2, -0.15) is 0 Å². The van der Waals surface area contributed by atoms with Gasteiger partial charge in [0.1, 0.15) is 6.29 Å². The first-order chi connectivity index (χ1) is 7.81. The van der Waals surface area contributed by atoms with E-state index in [0.29, 0.717) is 12.8 Å². The molecule has 0 rings (SSSR count). The van der Waals surface area contributed by atoms with Crippen molar-refractivity contribution in [1.29, 1.82) is 0 Å². The lowest BCUT2D eigenvalue weighted by Crippen LogP contribution is -1.98. The maximum absolute atomic E-state index is 10.8. The van der Waals surface area contributed by atoms with Crippen molar-refractivity contribution >= 4 is 12.3 Å². The zero-order valence-corrected chi connectivity index (χ0v) is 10.1. The number of allylic oxidation sites excluding steroid dienone is 2. The molecule has 0 N–H and O–H groups in total. The Kier molecular flexibility index (Phi) is 11.1. The first-order valence-corrected chi connectivity index (χ1v) is 5.96. The van der Waals surface area contributed by atoms with Gasteiger partial charge in [-0.3, -0.25) is 4.79 Å². The first kappa shape index (κ1) is 14.9. The number of hydrogen-bond donors (Lipinski definition) is 0. The Labute approximate surface area is 97.9 Å². The molecule has 16 heavy (non-hydrogen) atoms. The summed E-state index contributed by atoms with van der Waals surface area (Å²) < 4.78 is 4.56. The summed E-state index contributed by atoms with van der Waals surface area (Å²) in [6, 6.07) is 0. The minimum atomic E-state index is -0.114. The Morgan fingerprint density at radius 3 is 2.44 bits per heavy atom. The Balaban J connectivity index is 3.09. The SMILES string of the molecule is COC(=O)CCCCCCCC=CCC=O. The van der Waals surface area contributed by atoms with Crippen molar-refractivity contribution < 1.29 is 14.3 Å². The zero-order valence-electron chi connectivity index (χ0n) is 10.1. The van der Waals surface area contributed by atoms with Crippen molar-refractivity contribution in [1.82, 2.24) is 0 Å². The van der Waals surface area contributed by atoms with E-state index in [2.05, 4.69) is 10.8 Å². The van der Waals surface area contributed by atoms with E-state index in [1.54, 1.807) is 0 Å². The lowest BCUT2D eigenvalue weighted by Gasteiger charge is -1.99. The third-order valence-corrected chi connectivity index (χ3v) is 2.38. The molecule has 0 aliphatic carbocycles. The van der Waals surface area contributed by atoms with Gasteiger partial charge in [0.2, 0.25) is 0 Å². The molecule has 0 unspecified atom stereocenters. The van der Waals surface area contributed by atoms with Gasteiger partial charge in [-0.1, -0.05) is 31.4 Å². The number of carbonyl (C=O) groups is 2. The lowest BCUT2D eigenvalue weighted by atomic mass is 10.1. The van der Waals surface area contributed by atoms with Crippen LogP contribution in [0.2, 0.25) is 0 Å². The van der Waals surface area contributed by atoms with Gasteiger partial charge in [-0.25, -0.2) is 0 Å². The molecule has 0 spiro atoms.